The van der Waals surface area contributed by atoms with Crippen molar-refractivity contribution in [1.82, 2.24) is 0 Å². The Labute approximate surface area is 190 Å². The predicted molar refractivity (Wildman–Crippen MR) is 130 cm³/mol. The van der Waals surface area contributed by atoms with Gasteiger partial charge in [0, 0.05) is 17.3 Å². The van der Waals surface area contributed by atoms with Crippen molar-refractivity contribution in [2.75, 3.05) is 15.5 Å². The van der Waals surface area contributed by atoms with Gasteiger partial charge in [0.1, 0.15) is 0 Å². The maximum Gasteiger partial charge on any atom is 0.258 e. The van der Waals surface area contributed by atoms with Crippen LogP contribution < -0.4 is 9.21 Å². The maximum absolute atomic E-state index is 13.2. The fourth-order valence-electron chi connectivity index (χ4n) is 4.21. The SMILES string of the molecule is Cc1ccc(N(Cc2ccc(C(=O)N3c4ccccc4C[C@H]3C)cc2)S(C)(=O)=O)cc1C. The van der Waals surface area contributed by atoms with E-state index in [1.54, 1.807) is 12.1 Å². The van der Waals surface area contributed by atoms with E-state index >= 15 is 0 Å². The molecular weight excluding hydrogens is 420 g/mol. The van der Waals surface area contributed by atoms with E-state index in [0.717, 1.165) is 28.8 Å². The number of fused-ring (bicyclic) bond motifs is 1. The summed E-state index contributed by atoms with van der Waals surface area (Å²) >= 11 is 0. The molecule has 166 valence electrons. The van der Waals surface area contributed by atoms with Crippen molar-refractivity contribution < 1.29 is 13.2 Å². The molecule has 5 nitrogen and oxygen atoms in total. The van der Waals surface area contributed by atoms with Crippen LogP contribution in [-0.4, -0.2) is 26.6 Å². The summed E-state index contributed by atoms with van der Waals surface area (Å²) in [5, 5.41) is 0. The Morgan fingerprint density at radius 2 is 1.69 bits per heavy atom. The van der Waals surface area contributed by atoms with Crippen LogP contribution in [-0.2, 0) is 23.0 Å². The lowest BCUT2D eigenvalue weighted by molar-refractivity contribution is 0.0981. The van der Waals surface area contributed by atoms with Crippen molar-refractivity contribution >= 4 is 27.3 Å². The molecule has 0 spiro atoms. The molecule has 1 atom stereocenters. The van der Waals surface area contributed by atoms with Gasteiger partial charge in [0.15, 0.2) is 0 Å². The van der Waals surface area contributed by atoms with Crippen molar-refractivity contribution in [1.29, 1.82) is 0 Å². The van der Waals surface area contributed by atoms with Gasteiger partial charge in [-0.3, -0.25) is 9.10 Å². The summed E-state index contributed by atoms with van der Waals surface area (Å²) in [5.41, 5.74) is 6.35. The van der Waals surface area contributed by atoms with Crippen LogP contribution in [0.4, 0.5) is 11.4 Å². The van der Waals surface area contributed by atoms with Gasteiger partial charge in [-0.1, -0.05) is 36.4 Å². The smallest absolute Gasteiger partial charge is 0.258 e. The first-order valence-electron chi connectivity index (χ1n) is 10.7. The topological polar surface area (TPSA) is 57.7 Å². The summed E-state index contributed by atoms with van der Waals surface area (Å²) in [7, 11) is -3.47. The number of anilines is 2. The van der Waals surface area contributed by atoms with E-state index in [2.05, 4.69) is 13.0 Å². The second-order valence-electron chi connectivity index (χ2n) is 8.59. The highest BCUT2D eigenvalue weighted by molar-refractivity contribution is 7.92. The molecule has 0 fully saturated rings. The zero-order valence-corrected chi connectivity index (χ0v) is 19.7. The third kappa shape index (κ3) is 4.28. The maximum atomic E-state index is 13.2. The van der Waals surface area contributed by atoms with Gasteiger partial charge in [-0.2, -0.15) is 0 Å². The number of para-hydroxylation sites is 1. The van der Waals surface area contributed by atoms with Gasteiger partial charge in [-0.15, -0.1) is 0 Å². The van der Waals surface area contributed by atoms with Gasteiger partial charge in [0.2, 0.25) is 10.0 Å². The highest BCUT2D eigenvalue weighted by Crippen LogP contribution is 2.33. The standard InChI is InChI=1S/C26H28N2O3S/c1-18-9-14-24(15-19(18)2)27(32(4,30)31)17-21-10-12-22(13-11-21)26(29)28-20(3)16-23-7-5-6-8-25(23)28/h5-15,20H,16-17H2,1-4H3/t20-/m1/s1. The zero-order valence-electron chi connectivity index (χ0n) is 18.9. The number of carbonyl (C=O) groups excluding carboxylic acids is 1. The van der Waals surface area contributed by atoms with E-state index in [-0.39, 0.29) is 18.5 Å². The van der Waals surface area contributed by atoms with Crippen LogP contribution in [0.5, 0.6) is 0 Å². The molecule has 0 unspecified atom stereocenters. The quantitative estimate of drug-likeness (QED) is 0.560. The van der Waals surface area contributed by atoms with Crippen LogP contribution in [0.3, 0.4) is 0 Å². The van der Waals surface area contributed by atoms with Crippen LogP contribution >= 0.6 is 0 Å². The highest BCUT2D eigenvalue weighted by Gasteiger charge is 2.31. The van der Waals surface area contributed by atoms with E-state index in [4.69, 9.17) is 0 Å². The molecule has 0 N–H and O–H groups in total. The van der Waals surface area contributed by atoms with Crippen LogP contribution in [0.25, 0.3) is 0 Å². The summed E-state index contributed by atoms with van der Waals surface area (Å²) in [6.45, 7) is 6.23. The Morgan fingerprint density at radius 1 is 1.00 bits per heavy atom. The third-order valence-corrected chi connectivity index (χ3v) is 7.27. The molecule has 3 aromatic rings. The number of benzene rings is 3. The predicted octanol–water partition coefficient (Wildman–Crippen LogP) is 4.86. The molecule has 4 rings (SSSR count). The number of hydrogen-bond donors (Lipinski definition) is 0. The van der Waals surface area contributed by atoms with E-state index < -0.39 is 10.0 Å². The third-order valence-electron chi connectivity index (χ3n) is 6.13. The summed E-state index contributed by atoms with van der Waals surface area (Å²) in [6.07, 6.45) is 2.06. The second-order valence-corrected chi connectivity index (χ2v) is 10.5. The van der Waals surface area contributed by atoms with Gasteiger partial charge in [0.25, 0.3) is 5.91 Å². The summed E-state index contributed by atoms with van der Waals surface area (Å²) in [5.74, 6) is -0.0388. The first-order valence-corrected chi connectivity index (χ1v) is 12.6. The van der Waals surface area contributed by atoms with Crippen molar-refractivity contribution in [2.24, 2.45) is 0 Å². The summed E-state index contributed by atoms with van der Waals surface area (Å²) < 4.78 is 26.4. The molecule has 32 heavy (non-hydrogen) atoms. The number of amides is 1. The molecular formula is C26H28N2O3S. The lowest BCUT2D eigenvalue weighted by Crippen LogP contribution is -2.35. The molecule has 3 aromatic carbocycles. The fourth-order valence-corrected chi connectivity index (χ4v) is 5.09. The Balaban J connectivity index is 1.58. The van der Waals surface area contributed by atoms with E-state index in [9.17, 15) is 13.2 Å². The van der Waals surface area contributed by atoms with E-state index in [1.807, 2.05) is 67.3 Å². The van der Waals surface area contributed by atoms with E-state index in [0.29, 0.717) is 11.3 Å². The molecule has 0 saturated carbocycles. The molecule has 1 aliphatic rings. The molecule has 6 heteroatoms. The number of carbonyl (C=O) groups is 1. The van der Waals surface area contributed by atoms with Crippen LogP contribution in [0.15, 0.2) is 66.7 Å². The number of nitrogens with zero attached hydrogens (tertiary/aromatic N) is 2. The summed E-state index contributed by atoms with van der Waals surface area (Å²) in [4.78, 5) is 15.1. The normalized spacial score (nSPS) is 15.5. The van der Waals surface area contributed by atoms with Gasteiger partial charge in [-0.05, 0) is 79.8 Å². The van der Waals surface area contributed by atoms with Gasteiger partial charge >= 0.3 is 0 Å². The van der Waals surface area contributed by atoms with Gasteiger partial charge in [-0.25, -0.2) is 8.42 Å². The number of sulfonamides is 1. The molecule has 1 aliphatic heterocycles. The molecule has 0 bridgehead atoms. The van der Waals surface area contributed by atoms with Gasteiger partial charge in [0.05, 0.1) is 18.5 Å². The molecule has 0 aliphatic carbocycles. The Morgan fingerprint density at radius 3 is 2.34 bits per heavy atom. The van der Waals surface area contributed by atoms with Crippen molar-refractivity contribution in [2.45, 2.75) is 39.8 Å². The monoisotopic (exact) mass is 448 g/mol. The van der Waals surface area contributed by atoms with Crippen molar-refractivity contribution in [3.63, 3.8) is 0 Å². The fraction of sp³-hybridized carbons (Fsp3) is 0.269. The second kappa shape index (κ2) is 8.43. The van der Waals surface area contributed by atoms with Crippen molar-refractivity contribution in [3.8, 4) is 0 Å². The number of rotatable bonds is 5. The lowest BCUT2D eigenvalue weighted by atomic mass is 10.1. The first-order chi connectivity index (χ1) is 15.1. The van der Waals surface area contributed by atoms with Gasteiger partial charge < -0.3 is 4.90 Å². The minimum Gasteiger partial charge on any atom is -0.305 e. The van der Waals surface area contributed by atoms with Crippen LogP contribution in [0.2, 0.25) is 0 Å². The number of aryl methyl sites for hydroxylation is 2. The van der Waals surface area contributed by atoms with E-state index in [1.165, 1.54) is 16.1 Å². The van der Waals surface area contributed by atoms with Crippen LogP contribution in [0, 0.1) is 13.8 Å². The molecule has 0 aromatic heterocycles. The van der Waals surface area contributed by atoms with Crippen LogP contribution in [0.1, 0.15) is 39.5 Å². The average molecular weight is 449 g/mol. The first kappa shape index (κ1) is 22.1. The Hall–Kier alpha value is -3.12. The molecule has 0 radical (unpaired) electrons. The average Bonchev–Trinajstić information content (AvgIpc) is 3.09. The Bertz CT molecular complexity index is 1270. The molecule has 1 amide bonds. The zero-order chi connectivity index (χ0) is 23.0. The largest absolute Gasteiger partial charge is 0.305 e. The summed E-state index contributed by atoms with van der Waals surface area (Å²) in [6, 6.07) is 21.0. The van der Waals surface area contributed by atoms with Crippen molar-refractivity contribution in [3.05, 3.63) is 94.5 Å². The minimum atomic E-state index is -3.47. The lowest BCUT2D eigenvalue weighted by Gasteiger charge is -2.24. The molecule has 1 heterocycles. The number of hydrogen-bond acceptors (Lipinski definition) is 3. The molecule has 0 saturated heterocycles. The minimum absolute atomic E-state index is 0.0388. The highest BCUT2D eigenvalue weighted by atomic mass is 32.2. The Kier molecular flexibility index (Phi) is 5.82.